The summed E-state index contributed by atoms with van der Waals surface area (Å²) in [6.07, 6.45) is 0.649. The minimum Gasteiger partial charge on any atom is -0.460 e. The van der Waals surface area contributed by atoms with Crippen molar-refractivity contribution in [2.45, 2.75) is 19.0 Å². The number of hydrogen-bond acceptors (Lipinski definition) is 4. The van der Waals surface area contributed by atoms with Crippen LogP contribution in [0.3, 0.4) is 0 Å². The minimum atomic E-state index is -2.87. The number of furan rings is 1. The zero-order valence-electron chi connectivity index (χ0n) is 11.7. The molecule has 1 aliphatic heterocycles. The van der Waals surface area contributed by atoms with Crippen LogP contribution in [0, 0.1) is 0 Å². The highest BCUT2D eigenvalue weighted by Crippen LogP contribution is 2.34. The van der Waals surface area contributed by atoms with Gasteiger partial charge in [-0.3, -0.25) is 0 Å². The predicted octanol–water partition coefficient (Wildman–Crippen LogP) is 3.53. The fourth-order valence-electron chi connectivity index (χ4n) is 2.51. The first-order valence-electron chi connectivity index (χ1n) is 6.91. The van der Waals surface area contributed by atoms with Gasteiger partial charge in [-0.05, 0) is 30.7 Å². The summed E-state index contributed by atoms with van der Waals surface area (Å²) in [7, 11) is -2.87. The topological polar surface area (TPSA) is 59.3 Å². The lowest BCUT2D eigenvalue weighted by Gasteiger charge is -2.08. The lowest BCUT2D eigenvalue weighted by molar-refractivity contribution is 0.464. The Balaban J connectivity index is 1.68. The van der Waals surface area contributed by atoms with Gasteiger partial charge in [0.05, 0.1) is 28.1 Å². The predicted molar refractivity (Wildman–Crippen MR) is 88.1 cm³/mol. The Bertz CT molecular complexity index is 786. The summed E-state index contributed by atoms with van der Waals surface area (Å²) in [5.41, 5.74) is 0.740. The van der Waals surface area contributed by atoms with E-state index in [4.69, 9.17) is 27.6 Å². The second-order valence-electron chi connectivity index (χ2n) is 5.35. The molecular weight excluding hydrogens is 345 g/mol. The molecule has 2 heterocycles. The number of hydrogen-bond donors (Lipinski definition) is 1. The molecule has 0 unspecified atom stereocenters. The van der Waals surface area contributed by atoms with Crippen LogP contribution in [0.25, 0.3) is 11.3 Å². The summed E-state index contributed by atoms with van der Waals surface area (Å²) in [4.78, 5) is 0. The summed E-state index contributed by atoms with van der Waals surface area (Å²) in [5, 5.41) is 4.15. The van der Waals surface area contributed by atoms with Gasteiger partial charge in [-0.2, -0.15) is 0 Å². The van der Waals surface area contributed by atoms with Crippen molar-refractivity contribution in [1.82, 2.24) is 5.32 Å². The highest BCUT2D eigenvalue weighted by Gasteiger charge is 2.27. The molecule has 0 amide bonds. The standard InChI is InChI=1S/C15H15Cl2NO3S/c16-13-3-1-2-12(15(13)17)14-5-4-11(21-14)8-18-10-6-7-22(19,20)9-10/h1-5,10,18H,6-9H2/t10-/m0/s1. The van der Waals surface area contributed by atoms with E-state index >= 15 is 0 Å². The van der Waals surface area contributed by atoms with Crippen LogP contribution in [0.2, 0.25) is 10.0 Å². The largest absolute Gasteiger partial charge is 0.460 e. The Kier molecular flexibility index (Phi) is 4.50. The molecule has 0 radical (unpaired) electrons. The van der Waals surface area contributed by atoms with Crippen molar-refractivity contribution in [2.75, 3.05) is 11.5 Å². The van der Waals surface area contributed by atoms with Gasteiger partial charge in [0.15, 0.2) is 9.84 Å². The number of rotatable bonds is 4. The maximum absolute atomic E-state index is 11.4. The van der Waals surface area contributed by atoms with E-state index in [1.54, 1.807) is 6.07 Å². The maximum atomic E-state index is 11.4. The summed E-state index contributed by atoms with van der Waals surface area (Å²) >= 11 is 12.2. The first-order chi connectivity index (χ1) is 10.4. The van der Waals surface area contributed by atoms with Crippen LogP contribution in [0.4, 0.5) is 0 Å². The monoisotopic (exact) mass is 359 g/mol. The molecule has 4 nitrogen and oxygen atoms in total. The van der Waals surface area contributed by atoms with E-state index in [2.05, 4.69) is 5.32 Å². The third kappa shape index (κ3) is 3.49. The van der Waals surface area contributed by atoms with E-state index in [1.165, 1.54) is 0 Å². The second kappa shape index (κ2) is 6.24. The molecule has 7 heteroatoms. The average molecular weight is 360 g/mol. The third-order valence-corrected chi connectivity index (χ3v) is 6.26. The Morgan fingerprint density at radius 3 is 2.77 bits per heavy atom. The van der Waals surface area contributed by atoms with Crippen LogP contribution in [0.1, 0.15) is 12.2 Å². The minimum absolute atomic E-state index is 0.00620. The molecule has 22 heavy (non-hydrogen) atoms. The molecule has 0 saturated carbocycles. The molecule has 3 rings (SSSR count). The molecule has 1 N–H and O–H groups in total. The van der Waals surface area contributed by atoms with Crippen molar-refractivity contribution in [1.29, 1.82) is 0 Å². The Morgan fingerprint density at radius 2 is 2.05 bits per heavy atom. The molecule has 1 aliphatic rings. The molecule has 0 bridgehead atoms. The van der Waals surface area contributed by atoms with Crippen molar-refractivity contribution >= 4 is 33.0 Å². The molecule has 1 aromatic carbocycles. The lowest BCUT2D eigenvalue weighted by atomic mass is 10.2. The summed E-state index contributed by atoms with van der Waals surface area (Å²) in [6, 6.07) is 9.05. The first-order valence-corrected chi connectivity index (χ1v) is 9.49. The van der Waals surface area contributed by atoms with Gasteiger partial charge in [-0.15, -0.1) is 0 Å². The van der Waals surface area contributed by atoms with Crippen molar-refractivity contribution < 1.29 is 12.8 Å². The number of halogens is 2. The molecule has 2 aromatic rings. The van der Waals surface area contributed by atoms with E-state index in [9.17, 15) is 8.42 Å². The molecule has 0 spiro atoms. The second-order valence-corrected chi connectivity index (χ2v) is 8.36. The van der Waals surface area contributed by atoms with Gasteiger partial charge in [0.2, 0.25) is 0 Å². The van der Waals surface area contributed by atoms with E-state index in [1.807, 2.05) is 24.3 Å². The number of benzene rings is 1. The fourth-order valence-corrected chi connectivity index (χ4v) is 4.61. The average Bonchev–Trinajstić information content (AvgIpc) is 3.06. The van der Waals surface area contributed by atoms with Gasteiger partial charge < -0.3 is 9.73 Å². The van der Waals surface area contributed by atoms with Crippen LogP contribution in [0.5, 0.6) is 0 Å². The summed E-state index contributed by atoms with van der Waals surface area (Å²) in [5.74, 6) is 1.83. The van der Waals surface area contributed by atoms with Gasteiger partial charge in [0, 0.05) is 11.6 Å². The summed E-state index contributed by atoms with van der Waals surface area (Å²) in [6.45, 7) is 0.484. The lowest BCUT2D eigenvalue weighted by Crippen LogP contribution is -2.29. The highest BCUT2D eigenvalue weighted by molar-refractivity contribution is 7.91. The van der Waals surface area contributed by atoms with Gasteiger partial charge in [0.25, 0.3) is 0 Å². The van der Waals surface area contributed by atoms with Crippen LogP contribution in [0.15, 0.2) is 34.7 Å². The Labute approximate surface area is 139 Å². The fraction of sp³-hybridized carbons (Fsp3) is 0.333. The van der Waals surface area contributed by atoms with Crippen molar-refractivity contribution in [2.24, 2.45) is 0 Å². The van der Waals surface area contributed by atoms with E-state index in [0.717, 1.165) is 11.3 Å². The molecule has 1 saturated heterocycles. The zero-order valence-corrected chi connectivity index (χ0v) is 14.0. The van der Waals surface area contributed by atoms with Crippen molar-refractivity contribution in [3.05, 3.63) is 46.1 Å². The number of sulfone groups is 1. The van der Waals surface area contributed by atoms with E-state index < -0.39 is 9.84 Å². The smallest absolute Gasteiger partial charge is 0.151 e. The molecular formula is C15H15Cl2NO3S. The quantitative estimate of drug-likeness (QED) is 0.906. The Hall–Kier alpha value is -1.01. The normalized spacial score (nSPS) is 20.4. The van der Waals surface area contributed by atoms with Crippen LogP contribution >= 0.6 is 23.2 Å². The zero-order chi connectivity index (χ0) is 15.7. The molecule has 1 atom stereocenters. The Morgan fingerprint density at radius 1 is 1.23 bits per heavy atom. The molecule has 1 aromatic heterocycles. The number of nitrogens with one attached hydrogen (secondary N) is 1. The van der Waals surface area contributed by atoms with Crippen molar-refractivity contribution in [3.8, 4) is 11.3 Å². The maximum Gasteiger partial charge on any atom is 0.151 e. The third-order valence-electron chi connectivity index (χ3n) is 3.68. The van der Waals surface area contributed by atoms with E-state index in [-0.39, 0.29) is 17.5 Å². The van der Waals surface area contributed by atoms with Crippen molar-refractivity contribution in [3.63, 3.8) is 0 Å². The summed E-state index contributed by atoms with van der Waals surface area (Å²) < 4.78 is 28.6. The molecule has 118 valence electrons. The van der Waals surface area contributed by atoms with Gasteiger partial charge in [-0.25, -0.2) is 8.42 Å². The highest BCUT2D eigenvalue weighted by atomic mass is 35.5. The van der Waals surface area contributed by atoms with Crippen LogP contribution in [-0.4, -0.2) is 26.0 Å². The van der Waals surface area contributed by atoms with Crippen LogP contribution in [-0.2, 0) is 16.4 Å². The SMILES string of the molecule is O=S1(=O)CC[C@H](NCc2ccc(-c3cccc(Cl)c3Cl)o2)C1. The van der Waals surface area contributed by atoms with Crippen LogP contribution < -0.4 is 5.32 Å². The van der Waals surface area contributed by atoms with Gasteiger partial charge in [0.1, 0.15) is 11.5 Å². The molecule has 1 fully saturated rings. The van der Waals surface area contributed by atoms with E-state index in [0.29, 0.717) is 28.8 Å². The molecule has 0 aliphatic carbocycles. The van der Waals surface area contributed by atoms with Gasteiger partial charge >= 0.3 is 0 Å². The van der Waals surface area contributed by atoms with Gasteiger partial charge in [-0.1, -0.05) is 29.3 Å². The first kappa shape index (κ1) is 15.9.